The monoisotopic (exact) mass is 454 g/mol. The van der Waals surface area contributed by atoms with E-state index in [9.17, 15) is 4.79 Å². The molecule has 2 aliphatic heterocycles. The van der Waals surface area contributed by atoms with Crippen molar-refractivity contribution in [1.29, 1.82) is 0 Å². The average Bonchev–Trinajstić information content (AvgIpc) is 3.17. The van der Waals surface area contributed by atoms with Gasteiger partial charge in [-0.05, 0) is 60.9 Å². The predicted octanol–water partition coefficient (Wildman–Crippen LogP) is 3.82. The zero-order valence-corrected chi connectivity index (χ0v) is 18.2. The molecule has 2 N–H and O–H groups in total. The van der Waals surface area contributed by atoms with E-state index in [2.05, 4.69) is 40.2 Å². The highest BCUT2D eigenvalue weighted by Gasteiger charge is 2.30. The molecule has 0 saturated carbocycles. The van der Waals surface area contributed by atoms with E-state index < -0.39 is 0 Å². The van der Waals surface area contributed by atoms with Crippen molar-refractivity contribution < 1.29 is 4.79 Å². The highest BCUT2D eigenvalue weighted by Crippen LogP contribution is 2.32. The topological polar surface area (TPSA) is 61.9 Å². The highest BCUT2D eigenvalue weighted by atomic mass is 79.9. The number of guanidine groups is 1. The number of amides is 1. The maximum Gasteiger partial charge on any atom is 0.253 e. The van der Waals surface area contributed by atoms with Crippen LogP contribution in [0.2, 0.25) is 0 Å². The van der Waals surface area contributed by atoms with Gasteiger partial charge in [0.15, 0.2) is 5.96 Å². The normalized spacial score (nSPS) is 18.6. The summed E-state index contributed by atoms with van der Waals surface area (Å²) in [5.74, 6) is 0.679. The first-order valence-electron chi connectivity index (χ1n) is 10.3. The number of benzene rings is 2. The Labute approximate surface area is 182 Å². The first kappa shape index (κ1) is 20.0. The number of carbonyl (C=O) groups is 1. The summed E-state index contributed by atoms with van der Waals surface area (Å²) in [5, 5.41) is 0. The van der Waals surface area contributed by atoms with Crippen molar-refractivity contribution in [3.8, 4) is 0 Å². The molecule has 5 rings (SSSR count). The van der Waals surface area contributed by atoms with Gasteiger partial charge in [-0.2, -0.15) is 0 Å². The molecule has 3 aliphatic rings. The third kappa shape index (κ3) is 3.78. The number of likely N-dealkylation sites (tertiary alicyclic amines) is 1. The Hall–Kier alpha value is -2.34. The molecule has 6 heteroatoms. The molecule has 0 unspecified atom stereocenters. The molecule has 0 atom stereocenters. The van der Waals surface area contributed by atoms with Gasteiger partial charge < -0.3 is 15.5 Å². The number of nitrogens with zero attached hydrogens (tertiary/aromatic N) is 3. The molecule has 2 heterocycles. The maximum atomic E-state index is 12.8. The van der Waals surface area contributed by atoms with Crippen LogP contribution < -0.4 is 5.73 Å². The molecule has 5 nitrogen and oxygen atoms in total. The third-order valence-electron chi connectivity index (χ3n) is 6.32. The Morgan fingerprint density at radius 1 is 0.966 bits per heavy atom. The van der Waals surface area contributed by atoms with Crippen molar-refractivity contribution in [3.05, 3.63) is 64.7 Å². The van der Waals surface area contributed by atoms with E-state index in [4.69, 9.17) is 5.73 Å². The molecule has 0 bridgehead atoms. The van der Waals surface area contributed by atoms with E-state index in [0.29, 0.717) is 12.0 Å². The summed E-state index contributed by atoms with van der Waals surface area (Å²) in [6, 6.07) is 14.9. The lowest BCUT2D eigenvalue weighted by Crippen LogP contribution is -2.46. The van der Waals surface area contributed by atoms with Crippen LogP contribution in [0.15, 0.2) is 47.5 Å². The smallest absolute Gasteiger partial charge is 0.253 e. The van der Waals surface area contributed by atoms with E-state index in [1.807, 2.05) is 17.0 Å². The van der Waals surface area contributed by atoms with Crippen LogP contribution in [0, 0.1) is 0 Å². The minimum absolute atomic E-state index is 0. The Kier molecular flexibility index (Phi) is 5.63. The molecule has 2 aromatic rings. The zero-order chi connectivity index (χ0) is 19.1. The molecule has 1 fully saturated rings. The second kappa shape index (κ2) is 8.19. The average molecular weight is 455 g/mol. The second-order valence-electron chi connectivity index (χ2n) is 8.13. The van der Waals surface area contributed by atoms with Crippen LogP contribution in [-0.2, 0) is 19.4 Å². The van der Waals surface area contributed by atoms with Crippen LogP contribution in [0.3, 0.4) is 0 Å². The molecule has 0 spiro atoms. The lowest BCUT2D eigenvalue weighted by molar-refractivity contribution is 0.0724. The molecule has 0 aromatic heterocycles. The molecule has 1 saturated heterocycles. The zero-order valence-electron chi connectivity index (χ0n) is 16.5. The van der Waals surface area contributed by atoms with Gasteiger partial charge in [0.05, 0.1) is 5.69 Å². The molecular formula is C23H27BrN4O. The summed E-state index contributed by atoms with van der Waals surface area (Å²) in [4.78, 5) is 21.7. The number of fused-ring (bicyclic) bond motifs is 2. The van der Waals surface area contributed by atoms with Crippen molar-refractivity contribution in [2.45, 2.75) is 44.7 Å². The van der Waals surface area contributed by atoms with Gasteiger partial charge in [-0.25, -0.2) is 4.99 Å². The number of halogens is 1. The van der Waals surface area contributed by atoms with Crippen LogP contribution >= 0.6 is 17.0 Å². The Bertz CT molecular complexity index is 927. The van der Waals surface area contributed by atoms with Gasteiger partial charge in [-0.1, -0.05) is 30.3 Å². The van der Waals surface area contributed by atoms with Crippen molar-refractivity contribution in [3.63, 3.8) is 0 Å². The van der Waals surface area contributed by atoms with Crippen molar-refractivity contribution >= 4 is 34.5 Å². The van der Waals surface area contributed by atoms with Crippen LogP contribution in [0.4, 0.5) is 5.69 Å². The number of carbonyl (C=O) groups excluding carboxylic acids is 1. The second-order valence-corrected chi connectivity index (χ2v) is 8.13. The maximum absolute atomic E-state index is 12.8. The van der Waals surface area contributed by atoms with E-state index in [1.165, 1.54) is 17.5 Å². The van der Waals surface area contributed by atoms with Crippen LogP contribution in [0.1, 0.15) is 46.3 Å². The van der Waals surface area contributed by atoms with E-state index in [1.54, 1.807) is 0 Å². The fourth-order valence-electron chi connectivity index (χ4n) is 4.74. The number of hydrogen-bond donors (Lipinski definition) is 1. The Balaban J connectivity index is 0.00000205. The number of rotatable bonds is 2. The summed E-state index contributed by atoms with van der Waals surface area (Å²) in [5.41, 5.74) is 11.9. The quantitative estimate of drug-likeness (QED) is 0.749. The molecule has 1 amide bonds. The summed E-state index contributed by atoms with van der Waals surface area (Å²) < 4.78 is 0. The van der Waals surface area contributed by atoms with Crippen LogP contribution in [0.25, 0.3) is 0 Å². The van der Waals surface area contributed by atoms with Crippen LogP contribution in [-0.4, -0.2) is 40.8 Å². The van der Waals surface area contributed by atoms with Gasteiger partial charge in [0.1, 0.15) is 0 Å². The Morgan fingerprint density at radius 2 is 1.66 bits per heavy atom. The first-order valence-corrected chi connectivity index (χ1v) is 10.3. The standard InChI is InChI=1S/C23H26N4O.BrH/c24-23-25-21-14-18(22(28)26-10-4-1-5-11-26)8-9-19(21)15-27(23)20-12-16-6-2-3-7-17(16)13-20;/h2-3,6-9,14,20H,1,4-5,10-13,15H2,(H2,24,25);1H. The molecule has 1 aliphatic carbocycles. The minimum atomic E-state index is 0. The fourth-order valence-corrected chi connectivity index (χ4v) is 4.74. The van der Waals surface area contributed by atoms with E-state index in [-0.39, 0.29) is 22.9 Å². The summed E-state index contributed by atoms with van der Waals surface area (Å²) >= 11 is 0. The van der Waals surface area contributed by atoms with Gasteiger partial charge in [-0.15, -0.1) is 17.0 Å². The molecular weight excluding hydrogens is 428 g/mol. The largest absolute Gasteiger partial charge is 0.369 e. The summed E-state index contributed by atoms with van der Waals surface area (Å²) in [6.07, 6.45) is 5.43. The number of aliphatic imine (C=N–C) groups is 1. The van der Waals surface area contributed by atoms with Crippen molar-refractivity contribution in [2.24, 2.45) is 10.7 Å². The minimum Gasteiger partial charge on any atom is -0.369 e. The number of nitrogens with two attached hydrogens (primary N) is 1. The predicted molar refractivity (Wildman–Crippen MR) is 121 cm³/mol. The fraction of sp³-hybridized carbons (Fsp3) is 0.391. The van der Waals surface area contributed by atoms with Gasteiger partial charge in [0, 0.05) is 31.2 Å². The van der Waals surface area contributed by atoms with Gasteiger partial charge in [0.25, 0.3) is 5.91 Å². The molecule has 152 valence electrons. The van der Waals surface area contributed by atoms with E-state index >= 15 is 0 Å². The summed E-state index contributed by atoms with van der Waals surface area (Å²) in [6.45, 7) is 2.47. The van der Waals surface area contributed by atoms with Gasteiger partial charge >= 0.3 is 0 Å². The summed E-state index contributed by atoms with van der Waals surface area (Å²) in [7, 11) is 0. The SMILES string of the molecule is Br.NC1=Nc2cc(C(=O)N3CCCCC3)ccc2CN1C1Cc2ccccc2C1. The van der Waals surface area contributed by atoms with Crippen molar-refractivity contribution in [1.82, 2.24) is 9.80 Å². The number of hydrogen-bond acceptors (Lipinski definition) is 4. The third-order valence-corrected chi connectivity index (χ3v) is 6.32. The highest BCUT2D eigenvalue weighted by molar-refractivity contribution is 8.93. The lowest BCUT2D eigenvalue weighted by Gasteiger charge is -2.33. The van der Waals surface area contributed by atoms with Gasteiger partial charge in [0.2, 0.25) is 0 Å². The molecule has 2 aromatic carbocycles. The first-order chi connectivity index (χ1) is 13.7. The van der Waals surface area contributed by atoms with Gasteiger partial charge in [-0.3, -0.25) is 4.79 Å². The van der Waals surface area contributed by atoms with E-state index in [0.717, 1.165) is 62.1 Å². The number of piperidine rings is 1. The molecule has 29 heavy (non-hydrogen) atoms. The van der Waals surface area contributed by atoms with Crippen molar-refractivity contribution in [2.75, 3.05) is 13.1 Å². The lowest BCUT2D eigenvalue weighted by atomic mass is 10.0. The molecule has 0 radical (unpaired) electrons. The van der Waals surface area contributed by atoms with Crippen LogP contribution in [0.5, 0.6) is 0 Å². The Morgan fingerprint density at radius 3 is 2.34 bits per heavy atom.